The van der Waals surface area contributed by atoms with Gasteiger partial charge in [0.1, 0.15) is 12.2 Å². The first-order valence-corrected chi connectivity index (χ1v) is 7.37. The fourth-order valence-electron chi connectivity index (χ4n) is 2.11. The Hall–Kier alpha value is -0.980. The molecule has 1 heterocycles. The lowest BCUT2D eigenvalue weighted by atomic mass is 10.1. The molecule has 1 N–H and O–H groups in total. The average molecular weight is 284 g/mol. The van der Waals surface area contributed by atoms with Crippen molar-refractivity contribution in [2.45, 2.75) is 45.7 Å². The molecule has 0 aliphatic heterocycles. The number of hydrogen-bond donors (Lipinski definition) is 1. The maximum atomic E-state index is 5.54. The number of ether oxygens (including phenoxy) is 2. The van der Waals surface area contributed by atoms with Crippen molar-refractivity contribution < 1.29 is 9.47 Å². The smallest absolute Gasteiger partial charge is 0.138 e. The molecule has 0 radical (unpaired) electrons. The number of hydrogen-bond acceptors (Lipinski definition) is 5. The summed E-state index contributed by atoms with van der Waals surface area (Å²) in [6, 6.07) is 0.706. The molecule has 0 saturated carbocycles. The molecular formula is C14H28N4O2. The lowest BCUT2D eigenvalue weighted by molar-refractivity contribution is 0.0657. The van der Waals surface area contributed by atoms with Crippen molar-refractivity contribution in [2.75, 3.05) is 33.5 Å². The quantitative estimate of drug-likeness (QED) is 0.623. The van der Waals surface area contributed by atoms with Gasteiger partial charge in [0.15, 0.2) is 0 Å². The van der Waals surface area contributed by atoms with E-state index < -0.39 is 0 Å². The molecule has 116 valence electrons. The minimum atomic E-state index is 0.340. The molecule has 0 aromatic carbocycles. The molecule has 1 unspecified atom stereocenters. The Balaban J connectivity index is 2.43. The van der Waals surface area contributed by atoms with Crippen molar-refractivity contribution >= 4 is 0 Å². The number of nitrogens with one attached hydrogen (secondary N) is 1. The summed E-state index contributed by atoms with van der Waals surface area (Å²) in [4.78, 5) is 4.37. The van der Waals surface area contributed by atoms with Crippen LogP contribution in [0, 0.1) is 0 Å². The van der Waals surface area contributed by atoms with Gasteiger partial charge in [-0.25, -0.2) is 9.67 Å². The van der Waals surface area contributed by atoms with Gasteiger partial charge in [0.2, 0.25) is 0 Å². The van der Waals surface area contributed by atoms with Crippen LogP contribution in [0.4, 0.5) is 0 Å². The van der Waals surface area contributed by atoms with Gasteiger partial charge in [-0.1, -0.05) is 6.92 Å². The van der Waals surface area contributed by atoms with Crippen LogP contribution >= 0.6 is 0 Å². The number of aromatic nitrogens is 3. The zero-order chi connectivity index (χ0) is 14.8. The summed E-state index contributed by atoms with van der Waals surface area (Å²) in [6.45, 7) is 9.33. The molecule has 6 nitrogen and oxygen atoms in total. The summed E-state index contributed by atoms with van der Waals surface area (Å²) in [5.74, 6) is 1.03. The summed E-state index contributed by atoms with van der Waals surface area (Å²) in [5, 5.41) is 7.77. The zero-order valence-corrected chi connectivity index (χ0v) is 13.1. The van der Waals surface area contributed by atoms with Crippen LogP contribution in [0.1, 0.15) is 39.1 Å². The first-order chi connectivity index (χ1) is 9.69. The van der Waals surface area contributed by atoms with Gasteiger partial charge in [-0.3, -0.25) is 0 Å². The Kier molecular flexibility index (Phi) is 8.41. The molecule has 20 heavy (non-hydrogen) atoms. The largest absolute Gasteiger partial charge is 0.382 e. The monoisotopic (exact) mass is 284 g/mol. The molecule has 1 aromatic rings. The Labute approximate surface area is 121 Å². The number of methoxy groups -OCH3 is 1. The van der Waals surface area contributed by atoms with Gasteiger partial charge in [0, 0.05) is 32.2 Å². The number of rotatable bonds is 11. The van der Waals surface area contributed by atoms with Crippen LogP contribution in [0.15, 0.2) is 6.33 Å². The molecule has 1 atom stereocenters. The molecule has 0 aliphatic rings. The third-order valence-electron chi connectivity index (χ3n) is 3.10. The van der Waals surface area contributed by atoms with Crippen LogP contribution < -0.4 is 5.32 Å². The van der Waals surface area contributed by atoms with E-state index in [1.54, 1.807) is 13.4 Å². The van der Waals surface area contributed by atoms with Gasteiger partial charge in [-0.05, 0) is 26.8 Å². The zero-order valence-electron chi connectivity index (χ0n) is 13.1. The van der Waals surface area contributed by atoms with E-state index in [0.717, 1.165) is 31.8 Å². The van der Waals surface area contributed by atoms with E-state index in [0.29, 0.717) is 25.3 Å². The van der Waals surface area contributed by atoms with Crippen molar-refractivity contribution in [1.82, 2.24) is 20.1 Å². The highest BCUT2D eigenvalue weighted by Crippen LogP contribution is 2.09. The molecule has 0 saturated heterocycles. The molecule has 1 aromatic heterocycles. The molecular weight excluding hydrogens is 256 g/mol. The van der Waals surface area contributed by atoms with Gasteiger partial charge in [0.25, 0.3) is 0 Å². The molecule has 1 rings (SSSR count). The first-order valence-electron chi connectivity index (χ1n) is 7.37. The predicted molar refractivity (Wildman–Crippen MR) is 78.9 cm³/mol. The topological polar surface area (TPSA) is 61.2 Å². The second-order valence-electron chi connectivity index (χ2n) is 5.07. The summed E-state index contributed by atoms with van der Waals surface area (Å²) in [6.07, 6.45) is 3.47. The highest BCUT2D eigenvalue weighted by molar-refractivity contribution is 4.91. The Morgan fingerprint density at radius 3 is 2.75 bits per heavy atom. The minimum absolute atomic E-state index is 0.340. The molecule has 0 amide bonds. The molecule has 0 aliphatic carbocycles. The van der Waals surface area contributed by atoms with E-state index in [2.05, 4.69) is 36.2 Å². The maximum absolute atomic E-state index is 5.54. The molecule has 0 fully saturated rings. The molecule has 0 bridgehead atoms. The van der Waals surface area contributed by atoms with E-state index >= 15 is 0 Å². The third kappa shape index (κ3) is 5.98. The fraction of sp³-hybridized carbons (Fsp3) is 0.857. The van der Waals surface area contributed by atoms with Gasteiger partial charge in [0.05, 0.1) is 13.2 Å². The van der Waals surface area contributed by atoms with Crippen LogP contribution in [0.3, 0.4) is 0 Å². The number of likely N-dealkylation sites (N-methyl/N-ethyl adjacent to an activating group) is 1. The van der Waals surface area contributed by atoms with E-state index in [4.69, 9.17) is 9.47 Å². The van der Waals surface area contributed by atoms with Crippen molar-refractivity contribution in [3.05, 3.63) is 12.2 Å². The SMILES string of the molecule is CCNC(CCOCCOC)Cc1ncnn1C(C)C. The Morgan fingerprint density at radius 2 is 2.10 bits per heavy atom. The van der Waals surface area contributed by atoms with Crippen molar-refractivity contribution in [1.29, 1.82) is 0 Å². The predicted octanol–water partition coefficient (Wildman–Crippen LogP) is 1.43. The summed E-state index contributed by atoms with van der Waals surface area (Å²) in [7, 11) is 1.68. The lowest BCUT2D eigenvalue weighted by Gasteiger charge is -2.18. The molecule has 0 spiro atoms. The standard InChI is InChI=1S/C14H28N4O2/c1-5-15-13(6-7-20-9-8-19-4)10-14-16-11-17-18(14)12(2)3/h11-13,15H,5-10H2,1-4H3. The average Bonchev–Trinajstić information content (AvgIpc) is 2.87. The van der Waals surface area contributed by atoms with E-state index in [9.17, 15) is 0 Å². The van der Waals surface area contributed by atoms with Gasteiger partial charge < -0.3 is 14.8 Å². The Bertz CT molecular complexity index is 355. The third-order valence-corrected chi connectivity index (χ3v) is 3.10. The normalized spacial score (nSPS) is 13.1. The summed E-state index contributed by atoms with van der Waals surface area (Å²) in [5.41, 5.74) is 0. The second-order valence-corrected chi connectivity index (χ2v) is 5.07. The van der Waals surface area contributed by atoms with Gasteiger partial charge >= 0.3 is 0 Å². The van der Waals surface area contributed by atoms with Gasteiger partial charge in [-0.15, -0.1) is 0 Å². The van der Waals surface area contributed by atoms with E-state index in [-0.39, 0.29) is 0 Å². The fourth-order valence-corrected chi connectivity index (χ4v) is 2.11. The lowest BCUT2D eigenvalue weighted by Crippen LogP contribution is -2.33. The van der Waals surface area contributed by atoms with Crippen molar-refractivity contribution in [3.63, 3.8) is 0 Å². The molecule has 6 heteroatoms. The van der Waals surface area contributed by atoms with Crippen LogP contribution in [0.2, 0.25) is 0 Å². The van der Waals surface area contributed by atoms with Crippen LogP contribution in [0.5, 0.6) is 0 Å². The van der Waals surface area contributed by atoms with Crippen LogP contribution in [-0.2, 0) is 15.9 Å². The van der Waals surface area contributed by atoms with Crippen molar-refractivity contribution in [3.8, 4) is 0 Å². The number of nitrogens with zero attached hydrogens (tertiary/aromatic N) is 3. The Morgan fingerprint density at radius 1 is 1.30 bits per heavy atom. The minimum Gasteiger partial charge on any atom is -0.382 e. The maximum Gasteiger partial charge on any atom is 0.138 e. The van der Waals surface area contributed by atoms with Crippen molar-refractivity contribution in [2.24, 2.45) is 0 Å². The second kappa shape index (κ2) is 9.85. The highest BCUT2D eigenvalue weighted by Gasteiger charge is 2.14. The van der Waals surface area contributed by atoms with Crippen LogP contribution in [-0.4, -0.2) is 54.3 Å². The van der Waals surface area contributed by atoms with Gasteiger partial charge in [-0.2, -0.15) is 5.10 Å². The highest BCUT2D eigenvalue weighted by atomic mass is 16.5. The van der Waals surface area contributed by atoms with E-state index in [1.165, 1.54) is 0 Å². The first kappa shape index (κ1) is 17.1. The van der Waals surface area contributed by atoms with E-state index in [1.807, 2.05) is 4.68 Å². The summed E-state index contributed by atoms with van der Waals surface area (Å²) < 4.78 is 12.5. The van der Waals surface area contributed by atoms with Crippen LogP contribution in [0.25, 0.3) is 0 Å². The summed E-state index contributed by atoms with van der Waals surface area (Å²) >= 11 is 0.